The summed E-state index contributed by atoms with van der Waals surface area (Å²) in [6.45, 7) is 2.09. The van der Waals surface area contributed by atoms with Crippen molar-refractivity contribution in [3.05, 3.63) is 32.4 Å². The minimum atomic E-state index is 0.118. The molecule has 0 heterocycles. The Balaban J connectivity index is 3.07. The monoisotopic (exact) mass is 296 g/mol. The van der Waals surface area contributed by atoms with Gasteiger partial charge in [0, 0.05) is 16.1 Å². The first-order valence-electron chi connectivity index (χ1n) is 3.71. The average Bonchev–Trinajstić information content (AvgIpc) is 2.08. The van der Waals surface area contributed by atoms with E-state index in [-0.39, 0.29) is 12.5 Å². The molecule has 1 unspecified atom stereocenters. The lowest BCUT2D eigenvalue weighted by Crippen LogP contribution is -2.00. The Morgan fingerprint density at radius 3 is 2.83 bits per heavy atom. The fraction of sp³-hybridized carbons (Fsp3) is 0.333. The third kappa shape index (κ3) is 2.12. The Hall–Kier alpha value is 0.200. The summed E-state index contributed by atoms with van der Waals surface area (Å²) in [7, 11) is 0. The maximum Gasteiger partial charge on any atom is 0.0575 e. The summed E-state index contributed by atoms with van der Waals surface area (Å²) in [5.41, 5.74) is 1.02. The lowest BCUT2D eigenvalue weighted by atomic mass is 10.0. The van der Waals surface area contributed by atoms with Gasteiger partial charge in [0.25, 0.3) is 0 Å². The minimum Gasteiger partial charge on any atom is -0.396 e. The second-order valence-corrected chi connectivity index (χ2v) is 4.27. The Bertz CT molecular complexity index is 275. The molecule has 0 aliphatic rings. The first-order chi connectivity index (χ1) is 5.66. The first kappa shape index (κ1) is 10.3. The fourth-order valence-corrected chi connectivity index (χ4v) is 1.83. The van der Waals surface area contributed by atoms with Crippen molar-refractivity contribution in [2.45, 2.75) is 12.8 Å². The Kier molecular flexibility index (Phi) is 3.80. The van der Waals surface area contributed by atoms with Crippen molar-refractivity contribution in [1.82, 2.24) is 0 Å². The lowest BCUT2D eigenvalue weighted by Gasteiger charge is -2.10. The zero-order valence-corrected chi connectivity index (χ0v) is 9.63. The molecule has 3 heteroatoms. The highest BCUT2D eigenvalue weighted by Gasteiger charge is 2.09. The van der Waals surface area contributed by atoms with Gasteiger partial charge in [0.1, 0.15) is 0 Å². The molecule has 0 aliphatic carbocycles. The van der Waals surface area contributed by atoms with E-state index in [0.717, 1.165) is 14.2 Å². The summed E-state index contributed by atoms with van der Waals surface area (Å²) in [5.74, 6) is 0.118. The number of rotatable bonds is 2. The van der Waals surface area contributed by atoms with Gasteiger partial charge in [-0.05, 0) is 34.2 Å². The van der Waals surface area contributed by atoms with Crippen LogP contribution in [0.5, 0.6) is 0 Å². The Morgan fingerprint density at radius 1 is 1.58 bits per heavy atom. The van der Waals surface area contributed by atoms with Gasteiger partial charge in [0.15, 0.2) is 0 Å². The van der Waals surface area contributed by atoms with Gasteiger partial charge in [0.05, 0.1) is 5.02 Å². The number of halogens is 2. The molecule has 0 spiro atoms. The van der Waals surface area contributed by atoms with E-state index in [4.69, 9.17) is 16.7 Å². The van der Waals surface area contributed by atoms with Crippen LogP contribution in [-0.4, -0.2) is 11.7 Å². The molecule has 0 bridgehead atoms. The molecule has 0 radical (unpaired) electrons. The van der Waals surface area contributed by atoms with Gasteiger partial charge in [-0.25, -0.2) is 0 Å². The van der Waals surface area contributed by atoms with Crippen molar-refractivity contribution >= 4 is 34.2 Å². The van der Waals surface area contributed by atoms with E-state index < -0.39 is 0 Å². The SMILES string of the molecule is CC(CO)c1cccc(I)c1Cl. The van der Waals surface area contributed by atoms with E-state index in [2.05, 4.69) is 22.6 Å². The average molecular weight is 297 g/mol. The predicted octanol–water partition coefficient (Wildman–Crippen LogP) is 3.04. The van der Waals surface area contributed by atoms with E-state index in [1.54, 1.807) is 0 Å². The van der Waals surface area contributed by atoms with Crippen molar-refractivity contribution < 1.29 is 5.11 Å². The maximum absolute atomic E-state index is 8.94. The number of benzene rings is 1. The third-order valence-corrected chi connectivity index (χ3v) is 3.43. The zero-order valence-electron chi connectivity index (χ0n) is 6.72. The van der Waals surface area contributed by atoms with Crippen LogP contribution in [0, 0.1) is 3.57 Å². The highest BCUT2D eigenvalue weighted by molar-refractivity contribution is 14.1. The van der Waals surface area contributed by atoms with E-state index in [0.29, 0.717) is 0 Å². The van der Waals surface area contributed by atoms with Gasteiger partial charge in [-0.3, -0.25) is 0 Å². The molecule has 1 rings (SSSR count). The highest BCUT2D eigenvalue weighted by atomic mass is 127. The molecule has 12 heavy (non-hydrogen) atoms. The molecule has 1 atom stereocenters. The van der Waals surface area contributed by atoms with E-state index in [1.165, 1.54) is 0 Å². The minimum absolute atomic E-state index is 0.118. The van der Waals surface area contributed by atoms with E-state index >= 15 is 0 Å². The molecule has 66 valence electrons. The van der Waals surface area contributed by atoms with Gasteiger partial charge in [0.2, 0.25) is 0 Å². The Labute approximate surface area is 90.9 Å². The van der Waals surface area contributed by atoms with Crippen LogP contribution in [-0.2, 0) is 0 Å². The summed E-state index contributed by atoms with van der Waals surface area (Å²) >= 11 is 8.23. The molecular formula is C9H10ClIO. The Morgan fingerprint density at radius 2 is 2.25 bits per heavy atom. The van der Waals surface area contributed by atoms with Crippen molar-refractivity contribution in [1.29, 1.82) is 0 Å². The number of hydrogen-bond donors (Lipinski definition) is 1. The summed E-state index contributed by atoms with van der Waals surface area (Å²) in [6.07, 6.45) is 0. The molecule has 1 N–H and O–H groups in total. The first-order valence-corrected chi connectivity index (χ1v) is 5.17. The number of aliphatic hydroxyl groups excluding tert-OH is 1. The molecule has 0 saturated carbocycles. The smallest absolute Gasteiger partial charge is 0.0575 e. The zero-order chi connectivity index (χ0) is 9.14. The van der Waals surface area contributed by atoms with Crippen LogP contribution >= 0.6 is 34.2 Å². The van der Waals surface area contributed by atoms with Crippen LogP contribution < -0.4 is 0 Å². The summed E-state index contributed by atoms with van der Waals surface area (Å²) in [6, 6.07) is 5.86. The van der Waals surface area contributed by atoms with Crippen LogP contribution in [0.2, 0.25) is 5.02 Å². The molecule has 1 nitrogen and oxygen atoms in total. The van der Waals surface area contributed by atoms with Crippen LogP contribution in [0.4, 0.5) is 0 Å². The van der Waals surface area contributed by atoms with Gasteiger partial charge in [-0.1, -0.05) is 30.7 Å². The van der Waals surface area contributed by atoms with Crippen molar-refractivity contribution in [2.75, 3.05) is 6.61 Å². The van der Waals surface area contributed by atoms with Crippen LogP contribution in [0.1, 0.15) is 18.4 Å². The molecule has 1 aromatic carbocycles. The lowest BCUT2D eigenvalue weighted by molar-refractivity contribution is 0.273. The van der Waals surface area contributed by atoms with E-state index in [9.17, 15) is 0 Å². The number of hydrogen-bond acceptors (Lipinski definition) is 1. The molecule has 0 fully saturated rings. The molecule has 0 amide bonds. The molecule has 0 saturated heterocycles. The van der Waals surface area contributed by atoms with Crippen molar-refractivity contribution in [3.8, 4) is 0 Å². The van der Waals surface area contributed by atoms with Crippen molar-refractivity contribution in [2.24, 2.45) is 0 Å². The molecule has 0 aromatic heterocycles. The standard InChI is InChI=1S/C9H10ClIO/c1-6(5-12)7-3-2-4-8(11)9(7)10/h2-4,6,12H,5H2,1H3. The summed E-state index contributed by atoms with van der Waals surface area (Å²) < 4.78 is 1.03. The van der Waals surface area contributed by atoms with Gasteiger partial charge in [-0.15, -0.1) is 0 Å². The van der Waals surface area contributed by atoms with Gasteiger partial charge < -0.3 is 5.11 Å². The van der Waals surface area contributed by atoms with Gasteiger partial charge in [-0.2, -0.15) is 0 Å². The largest absolute Gasteiger partial charge is 0.396 e. The second kappa shape index (κ2) is 4.44. The highest BCUT2D eigenvalue weighted by Crippen LogP contribution is 2.28. The topological polar surface area (TPSA) is 20.2 Å². The van der Waals surface area contributed by atoms with Gasteiger partial charge >= 0.3 is 0 Å². The van der Waals surface area contributed by atoms with E-state index in [1.807, 2.05) is 25.1 Å². The second-order valence-electron chi connectivity index (χ2n) is 2.73. The third-order valence-electron chi connectivity index (χ3n) is 1.79. The molecule has 1 aromatic rings. The number of aliphatic hydroxyl groups is 1. The normalized spacial score (nSPS) is 13.0. The quantitative estimate of drug-likeness (QED) is 0.832. The molecular weight excluding hydrogens is 286 g/mol. The fourth-order valence-electron chi connectivity index (χ4n) is 0.999. The maximum atomic E-state index is 8.94. The van der Waals surface area contributed by atoms with Crippen LogP contribution in [0.25, 0.3) is 0 Å². The predicted molar refractivity (Wildman–Crippen MR) is 59.7 cm³/mol. The summed E-state index contributed by atoms with van der Waals surface area (Å²) in [4.78, 5) is 0. The summed E-state index contributed by atoms with van der Waals surface area (Å²) in [5, 5.41) is 9.71. The van der Waals surface area contributed by atoms with Crippen LogP contribution in [0.3, 0.4) is 0 Å². The van der Waals surface area contributed by atoms with Crippen LogP contribution in [0.15, 0.2) is 18.2 Å². The van der Waals surface area contributed by atoms with Crippen molar-refractivity contribution in [3.63, 3.8) is 0 Å². The molecule has 0 aliphatic heterocycles.